The number of aryl methyl sites for hydroxylation is 1. The number of carboxylic acid groups (broad SMARTS) is 2. The minimum absolute atomic E-state index is 0.0354. The third-order valence-electron chi connectivity index (χ3n) is 8.38. The quantitative estimate of drug-likeness (QED) is 0.0739. The van der Waals surface area contributed by atoms with Crippen LogP contribution in [0.15, 0.2) is 56.9 Å². The number of nitrogens with one attached hydrogen (secondary N) is 2. The van der Waals surface area contributed by atoms with Gasteiger partial charge in [0.05, 0.1) is 18.6 Å². The number of rotatable bonds is 15. The Hall–Kier alpha value is -7.10. The molecule has 1 fully saturated rings. The highest BCUT2D eigenvalue weighted by molar-refractivity contribution is 8.00. The van der Waals surface area contributed by atoms with E-state index in [9.17, 15) is 48.3 Å². The van der Waals surface area contributed by atoms with E-state index in [0.717, 1.165) is 35.7 Å². The maximum atomic E-state index is 14.0. The van der Waals surface area contributed by atoms with Crippen LogP contribution in [-0.4, -0.2) is 107 Å². The molecule has 3 atom stereocenters. The number of carbonyl (C=O) groups is 8. The molecule has 4 N–H and O–H groups in total. The number of carbonyl (C=O) groups excluding carboxylic acids is 6. The van der Waals surface area contributed by atoms with Gasteiger partial charge in [0.25, 0.3) is 11.8 Å². The van der Waals surface area contributed by atoms with E-state index in [-0.39, 0.29) is 59.2 Å². The summed E-state index contributed by atoms with van der Waals surface area (Å²) >= 11 is 1.09. The van der Waals surface area contributed by atoms with Crippen molar-refractivity contribution in [1.82, 2.24) is 15.5 Å². The van der Waals surface area contributed by atoms with Crippen molar-refractivity contribution in [2.75, 3.05) is 32.2 Å². The number of esters is 1. The van der Waals surface area contributed by atoms with Crippen LogP contribution in [0.4, 0.5) is 9.59 Å². The molecule has 1 aromatic heterocycles. The van der Waals surface area contributed by atoms with Crippen LogP contribution < -0.4 is 30.3 Å². The first-order chi connectivity index (χ1) is 28.0. The maximum Gasteiger partial charge on any atom is 0.513 e. The van der Waals surface area contributed by atoms with E-state index in [2.05, 4.69) is 10.6 Å². The van der Waals surface area contributed by atoms with E-state index in [1.54, 1.807) is 0 Å². The molecule has 0 spiro atoms. The first-order valence-corrected chi connectivity index (χ1v) is 18.5. The van der Waals surface area contributed by atoms with E-state index in [1.165, 1.54) is 45.0 Å². The van der Waals surface area contributed by atoms with Crippen molar-refractivity contribution in [1.29, 1.82) is 0 Å². The van der Waals surface area contributed by atoms with Gasteiger partial charge in [-0.15, -0.1) is 11.8 Å². The Kier molecular flexibility index (Phi) is 13.5. The lowest BCUT2D eigenvalue weighted by molar-refractivity contribution is -0.151. The second-order valence-electron chi connectivity index (χ2n) is 12.3. The highest BCUT2D eigenvalue weighted by atomic mass is 32.2. The number of hydrogen-bond donors (Lipinski definition) is 4. The smallest absolute Gasteiger partial charge is 0.482 e. The van der Waals surface area contributed by atoms with Gasteiger partial charge in [-0.1, -0.05) is 12.1 Å². The molecule has 5 rings (SSSR count). The predicted molar refractivity (Wildman–Crippen MR) is 199 cm³/mol. The molecule has 3 amide bonds. The van der Waals surface area contributed by atoms with Crippen LogP contribution in [-0.2, 0) is 38.2 Å². The Morgan fingerprint density at radius 3 is 2.14 bits per heavy atom. The molecule has 312 valence electrons. The number of fused-ring (bicyclic) bond motifs is 2. The van der Waals surface area contributed by atoms with E-state index >= 15 is 0 Å². The molecule has 0 saturated carbocycles. The number of carboxylic acids is 2. The van der Waals surface area contributed by atoms with Crippen molar-refractivity contribution in [2.24, 2.45) is 0 Å². The van der Waals surface area contributed by atoms with Gasteiger partial charge >= 0.3 is 30.2 Å². The summed E-state index contributed by atoms with van der Waals surface area (Å²) in [6.45, 7) is 4.20. The molecule has 0 radical (unpaired) electrons. The molecule has 0 bridgehead atoms. The fourth-order valence-corrected chi connectivity index (χ4v) is 7.16. The summed E-state index contributed by atoms with van der Waals surface area (Å²) in [5, 5.41) is 22.7. The Balaban J connectivity index is 1.48. The summed E-state index contributed by atoms with van der Waals surface area (Å²) in [6, 6.07) is 4.33. The fraction of sp³-hybridized carbons (Fsp3) is 0.324. The second-order valence-corrected chi connectivity index (χ2v) is 13.4. The number of nitrogens with zero attached hydrogens (tertiary/aromatic N) is 1. The summed E-state index contributed by atoms with van der Waals surface area (Å²) in [4.78, 5) is 115. The number of hydrogen-bond acceptors (Lipinski definition) is 17. The highest BCUT2D eigenvalue weighted by Crippen LogP contribution is 2.41. The third-order valence-corrected chi connectivity index (χ3v) is 9.72. The van der Waals surface area contributed by atoms with Crippen LogP contribution in [0.25, 0.3) is 11.0 Å². The molecule has 3 aromatic rings. The molecule has 1 unspecified atom stereocenters. The van der Waals surface area contributed by atoms with Crippen molar-refractivity contribution in [3.05, 3.63) is 74.8 Å². The Bertz CT molecular complexity index is 2320. The van der Waals surface area contributed by atoms with Gasteiger partial charge in [-0.2, -0.15) is 0 Å². The number of aliphatic carboxylic acids is 2. The standard InChI is InChI=1S/C37H35N3O18S/c1-5-52-36(50)57-23-11-21-22(12-24(23)58-37(51)53-6-2)56-16(3)26(30(21)44)31(45)38-27(18-7-9-20(10-8-18)55-14-25(42)43)32(46)39-28-33(47)40-29(35(48)49)19(13-54-17(4)41)15-59-34(28)40/h7-12,27-28,34H,5-6,13-15H2,1-4H3,(H,38,45)(H,39,46)(H,42,43)(H,48,49)/t27?,28-,34+/m1/s1. The van der Waals surface area contributed by atoms with E-state index in [0.29, 0.717) is 0 Å². The first-order valence-electron chi connectivity index (χ1n) is 17.4. The van der Waals surface area contributed by atoms with Crippen LogP contribution >= 0.6 is 11.8 Å². The van der Waals surface area contributed by atoms with Gasteiger partial charge in [-0.25, -0.2) is 19.2 Å². The number of benzene rings is 2. The Labute approximate surface area is 336 Å². The van der Waals surface area contributed by atoms with Crippen molar-refractivity contribution >= 4 is 70.7 Å². The van der Waals surface area contributed by atoms with Crippen LogP contribution in [0.1, 0.15) is 48.5 Å². The lowest BCUT2D eigenvalue weighted by Crippen LogP contribution is -2.71. The summed E-state index contributed by atoms with van der Waals surface area (Å²) in [6.07, 6.45) is -2.40. The minimum Gasteiger partial charge on any atom is -0.482 e. The molecule has 2 aromatic carbocycles. The molecule has 22 heteroatoms. The van der Waals surface area contributed by atoms with Gasteiger partial charge in [-0.3, -0.25) is 28.9 Å². The largest absolute Gasteiger partial charge is 0.513 e. The van der Waals surface area contributed by atoms with Gasteiger partial charge < -0.3 is 53.7 Å². The van der Waals surface area contributed by atoms with Crippen molar-refractivity contribution in [3.8, 4) is 17.2 Å². The minimum atomic E-state index is -1.65. The SMILES string of the molecule is CCOC(=O)Oc1cc2oc(C)c(C(=O)NC(C(=O)N[C@@H]3C(=O)N4C(C(=O)O)=C(COC(C)=O)CS[C@@H]34)c3ccc(OCC(=O)O)cc3)c(=O)c2cc1OC(=O)OCC. The average Bonchev–Trinajstić information content (AvgIpc) is 3.17. The third kappa shape index (κ3) is 9.72. The van der Waals surface area contributed by atoms with Crippen LogP contribution in [0, 0.1) is 6.92 Å². The number of thioether (sulfide) groups is 1. The lowest BCUT2D eigenvalue weighted by Gasteiger charge is -2.49. The van der Waals surface area contributed by atoms with Crippen LogP contribution in [0.2, 0.25) is 0 Å². The number of ether oxygens (including phenoxy) is 6. The van der Waals surface area contributed by atoms with Crippen molar-refractivity contribution in [3.63, 3.8) is 0 Å². The van der Waals surface area contributed by atoms with Gasteiger partial charge in [0.15, 0.2) is 18.1 Å². The van der Waals surface area contributed by atoms with Gasteiger partial charge in [0.1, 0.15) is 52.4 Å². The van der Waals surface area contributed by atoms with E-state index in [1.807, 2.05) is 0 Å². The van der Waals surface area contributed by atoms with Crippen molar-refractivity contribution in [2.45, 2.75) is 45.2 Å². The topological polar surface area (TPSA) is 290 Å². The normalized spacial score (nSPS) is 16.1. The number of β-lactam (4-membered cyclic amide) rings is 1. The predicted octanol–water partition coefficient (Wildman–Crippen LogP) is 2.41. The van der Waals surface area contributed by atoms with Crippen molar-refractivity contribution < 1.29 is 81.4 Å². The summed E-state index contributed by atoms with van der Waals surface area (Å²) in [5.41, 5.74) is -1.97. The zero-order valence-electron chi connectivity index (χ0n) is 31.5. The first kappa shape index (κ1) is 43.0. The summed E-state index contributed by atoms with van der Waals surface area (Å²) < 4.78 is 35.7. The molecule has 2 aliphatic rings. The van der Waals surface area contributed by atoms with Gasteiger partial charge in [0.2, 0.25) is 11.3 Å². The van der Waals surface area contributed by atoms with Crippen LogP contribution in [0.5, 0.6) is 17.2 Å². The van der Waals surface area contributed by atoms with E-state index in [4.69, 9.17) is 37.9 Å². The summed E-state index contributed by atoms with van der Waals surface area (Å²) in [5.74, 6) is -7.34. The lowest BCUT2D eigenvalue weighted by atomic mass is 10.0. The molecular weight excluding hydrogens is 806 g/mol. The van der Waals surface area contributed by atoms with Gasteiger partial charge in [-0.05, 0) is 44.5 Å². The molecule has 1 saturated heterocycles. The summed E-state index contributed by atoms with van der Waals surface area (Å²) in [7, 11) is 0. The maximum absolute atomic E-state index is 14.0. The molecular formula is C37H35N3O18S. The molecule has 3 heterocycles. The monoisotopic (exact) mass is 841 g/mol. The Morgan fingerprint density at radius 2 is 1.56 bits per heavy atom. The number of amides is 3. The van der Waals surface area contributed by atoms with E-state index < -0.39 is 100 Å². The molecule has 2 aliphatic heterocycles. The van der Waals surface area contributed by atoms with Crippen LogP contribution in [0.3, 0.4) is 0 Å². The second kappa shape index (κ2) is 18.4. The fourth-order valence-electron chi connectivity index (χ4n) is 5.84. The Morgan fingerprint density at radius 1 is 0.932 bits per heavy atom. The average molecular weight is 842 g/mol. The highest BCUT2D eigenvalue weighted by Gasteiger charge is 2.54. The molecule has 21 nitrogen and oxygen atoms in total. The molecule has 0 aliphatic carbocycles. The zero-order chi connectivity index (χ0) is 43.1. The van der Waals surface area contributed by atoms with Gasteiger partial charge in [0, 0.05) is 24.3 Å². The zero-order valence-corrected chi connectivity index (χ0v) is 32.3. The molecule has 59 heavy (non-hydrogen) atoms.